The highest BCUT2D eigenvalue weighted by molar-refractivity contribution is 7.98. The van der Waals surface area contributed by atoms with E-state index in [4.69, 9.17) is 11.5 Å². The molecule has 4 N–H and O–H groups in total. The van der Waals surface area contributed by atoms with Crippen molar-refractivity contribution >= 4 is 23.7 Å². The van der Waals surface area contributed by atoms with Crippen molar-refractivity contribution in [1.82, 2.24) is 0 Å². The normalized spacial score (nSPS) is 11.4. The fourth-order valence-corrected chi connectivity index (χ4v) is 1.55. The summed E-state index contributed by atoms with van der Waals surface area (Å²) in [6, 6.07) is 8.07. The second-order valence-corrected chi connectivity index (χ2v) is 4.21. The first-order valence-corrected chi connectivity index (χ1v) is 5.80. The third kappa shape index (κ3) is 4.84. The van der Waals surface area contributed by atoms with Crippen LogP contribution in [0.5, 0.6) is 0 Å². The van der Waals surface area contributed by atoms with Crippen molar-refractivity contribution in [3.8, 4) is 0 Å². The Hall–Kier alpha value is -1.49. The van der Waals surface area contributed by atoms with E-state index in [-0.39, 0.29) is 5.75 Å². The number of carbonyl (C=O) groups is 1. The van der Waals surface area contributed by atoms with Crippen molar-refractivity contribution in [3.63, 3.8) is 0 Å². The van der Waals surface area contributed by atoms with Crippen LogP contribution in [0.3, 0.4) is 0 Å². The highest BCUT2D eigenvalue weighted by atomic mass is 32.2. The number of primary amides is 1. The van der Waals surface area contributed by atoms with Gasteiger partial charge in [-0.15, -0.1) is 0 Å². The van der Waals surface area contributed by atoms with Crippen LogP contribution in [0, 0.1) is 6.92 Å². The van der Waals surface area contributed by atoms with Gasteiger partial charge in [-0.1, -0.05) is 29.8 Å². The van der Waals surface area contributed by atoms with Gasteiger partial charge in [-0.25, -0.2) is 4.40 Å². The van der Waals surface area contributed by atoms with Crippen LogP contribution in [-0.4, -0.2) is 17.5 Å². The summed E-state index contributed by atoms with van der Waals surface area (Å²) in [4.78, 5) is 10.5. The Morgan fingerprint density at radius 2 is 1.94 bits per heavy atom. The molecule has 4 nitrogen and oxygen atoms in total. The smallest absolute Gasteiger partial charge is 0.229 e. The summed E-state index contributed by atoms with van der Waals surface area (Å²) in [6.45, 7) is 2.03. The lowest BCUT2D eigenvalue weighted by atomic mass is 10.1. The molecule has 0 unspecified atom stereocenters. The lowest BCUT2D eigenvalue weighted by Crippen LogP contribution is -2.16. The Labute approximate surface area is 99.3 Å². The SMILES string of the molecule is Cc1ccc(CC(N)=NSCC(N)=O)cc1. The Morgan fingerprint density at radius 3 is 2.50 bits per heavy atom. The zero-order valence-corrected chi connectivity index (χ0v) is 9.96. The minimum absolute atomic E-state index is 0.161. The Morgan fingerprint density at radius 1 is 1.31 bits per heavy atom. The molecule has 0 atom stereocenters. The number of rotatable bonds is 5. The van der Waals surface area contributed by atoms with E-state index >= 15 is 0 Å². The van der Waals surface area contributed by atoms with Crippen molar-refractivity contribution in [2.24, 2.45) is 15.9 Å². The van der Waals surface area contributed by atoms with Gasteiger partial charge in [0.05, 0.1) is 5.75 Å². The Balaban J connectivity index is 2.47. The molecule has 0 aliphatic heterocycles. The molecule has 0 aliphatic rings. The van der Waals surface area contributed by atoms with Crippen molar-refractivity contribution in [2.45, 2.75) is 13.3 Å². The van der Waals surface area contributed by atoms with Gasteiger partial charge < -0.3 is 11.5 Å². The molecule has 5 heteroatoms. The summed E-state index contributed by atoms with van der Waals surface area (Å²) in [5.41, 5.74) is 13.0. The first-order valence-electron chi connectivity index (χ1n) is 4.86. The molecular formula is C11H15N3OS. The first kappa shape index (κ1) is 12.6. The standard InChI is InChI=1S/C11H15N3OS/c1-8-2-4-9(5-3-8)6-10(12)14-16-7-11(13)15/h2-5H,6-7H2,1H3,(H2,12,14)(H2,13,15). The Bertz CT molecular complexity index is 387. The highest BCUT2D eigenvalue weighted by Gasteiger charge is 1.98. The van der Waals surface area contributed by atoms with Gasteiger partial charge in [-0.3, -0.25) is 4.79 Å². The summed E-state index contributed by atoms with van der Waals surface area (Å²) in [7, 11) is 0. The van der Waals surface area contributed by atoms with Crippen LogP contribution in [0.2, 0.25) is 0 Å². The highest BCUT2D eigenvalue weighted by Crippen LogP contribution is 2.06. The lowest BCUT2D eigenvalue weighted by Gasteiger charge is -2.01. The van der Waals surface area contributed by atoms with Gasteiger partial charge in [-0.05, 0) is 24.4 Å². The molecule has 0 spiro atoms. The maximum absolute atomic E-state index is 10.5. The predicted molar refractivity (Wildman–Crippen MR) is 68.2 cm³/mol. The molecule has 1 rings (SSSR count). The number of aryl methyl sites for hydroxylation is 1. The maximum atomic E-state index is 10.5. The number of nitrogens with two attached hydrogens (primary N) is 2. The van der Waals surface area contributed by atoms with Gasteiger partial charge >= 0.3 is 0 Å². The molecule has 1 amide bonds. The van der Waals surface area contributed by atoms with E-state index in [9.17, 15) is 4.79 Å². The molecule has 0 heterocycles. The largest absolute Gasteiger partial charge is 0.386 e. The minimum atomic E-state index is -0.392. The summed E-state index contributed by atoms with van der Waals surface area (Å²) in [6.07, 6.45) is 0.589. The summed E-state index contributed by atoms with van der Waals surface area (Å²) in [5, 5.41) is 0. The number of hydrogen-bond acceptors (Lipinski definition) is 3. The second kappa shape index (κ2) is 6.17. The summed E-state index contributed by atoms with van der Waals surface area (Å²) in [5.74, 6) is 0.265. The fourth-order valence-electron chi connectivity index (χ4n) is 1.13. The van der Waals surface area contributed by atoms with Gasteiger partial charge in [0.25, 0.3) is 0 Å². The average Bonchev–Trinajstić information content (AvgIpc) is 2.21. The molecule has 86 valence electrons. The molecule has 0 saturated heterocycles. The molecule has 0 bridgehead atoms. The fraction of sp³-hybridized carbons (Fsp3) is 0.273. The third-order valence-corrected chi connectivity index (χ3v) is 2.67. The molecule has 16 heavy (non-hydrogen) atoms. The molecule has 0 aromatic heterocycles. The molecule has 0 radical (unpaired) electrons. The van der Waals surface area contributed by atoms with E-state index in [1.165, 1.54) is 5.56 Å². The zero-order chi connectivity index (χ0) is 12.0. The lowest BCUT2D eigenvalue weighted by molar-refractivity contribution is -0.115. The van der Waals surface area contributed by atoms with Crippen LogP contribution in [0.1, 0.15) is 11.1 Å². The van der Waals surface area contributed by atoms with Gasteiger partial charge in [-0.2, -0.15) is 0 Å². The van der Waals surface area contributed by atoms with Crippen molar-refractivity contribution < 1.29 is 4.79 Å². The number of carbonyl (C=O) groups excluding carboxylic acids is 1. The van der Waals surface area contributed by atoms with Crippen LogP contribution in [0.4, 0.5) is 0 Å². The van der Waals surface area contributed by atoms with E-state index in [1.807, 2.05) is 31.2 Å². The van der Waals surface area contributed by atoms with Gasteiger partial charge in [0.15, 0.2) is 0 Å². The molecule has 0 aliphatic carbocycles. The number of amides is 1. The molecule has 1 aromatic rings. The average molecular weight is 237 g/mol. The number of nitrogens with zero attached hydrogens (tertiary/aromatic N) is 1. The van der Waals surface area contributed by atoms with Crippen molar-refractivity contribution in [3.05, 3.63) is 35.4 Å². The molecule has 1 aromatic carbocycles. The minimum Gasteiger partial charge on any atom is -0.386 e. The number of hydrogen-bond donors (Lipinski definition) is 2. The number of amidine groups is 1. The van der Waals surface area contributed by atoms with Crippen molar-refractivity contribution in [2.75, 3.05) is 5.75 Å². The third-order valence-electron chi connectivity index (χ3n) is 1.89. The molecule has 0 fully saturated rings. The van der Waals surface area contributed by atoms with Gasteiger partial charge in [0.1, 0.15) is 5.84 Å². The van der Waals surface area contributed by atoms with Gasteiger partial charge in [0.2, 0.25) is 5.91 Å². The van der Waals surface area contributed by atoms with Crippen LogP contribution in [0.25, 0.3) is 0 Å². The quantitative estimate of drug-likeness (QED) is 0.456. The van der Waals surface area contributed by atoms with Crippen LogP contribution < -0.4 is 11.5 Å². The first-order chi connectivity index (χ1) is 7.58. The van der Waals surface area contributed by atoms with Crippen LogP contribution in [-0.2, 0) is 11.2 Å². The topological polar surface area (TPSA) is 81.5 Å². The van der Waals surface area contributed by atoms with E-state index in [0.29, 0.717) is 12.3 Å². The monoisotopic (exact) mass is 237 g/mol. The van der Waals surface area contributed by atoms with E-state index in [2.05, 4.69) is 4.40 Å². The number of benzene rings is 1. The predicted octanol–water partition coefficient (Wildman–Crippen LogP) is 1.03. The van der Waals surface area contributed by atoms with E-state index < -0.39 is 5.91 Å². The van der Waals surface area contributed by atoms with E-state index in [0.717, 1.165) is 17.5 Å². The summed E-state index contributed by atoms with van der Waals surface area (Å²) >= 11 is 1.08. The zero-order valence-electron chi connectivity index (χ0n) is 9.14. The summed E-state index contributed by atoms with van der Waals surface area (Å²) < 4.78 is 3.99. The van der Waals surface area contributed by atoms with Crippen LogP contribution >= 0.6 is 11.9 Å². The maximum Gasteiger partial charge on any atom is 0.229 e. The molecular weight excluding hydrogens is 222 g/mol. The van der Waals surface area contributed by atoms with E-state index in [1.54, 1.807) is 0 Å². The Kier molecular flexibility index (Phi) is 4.85. The van der Waals surface area contributed by atoms with Crippen LogP contribution in [0.15, 0.2) is 28.7 Å². The van der Waals surface area contributed by atoms with Crippen molar-refractivity contribution in [1.29, 1.82) is 0 Å². The molecule has 0 saturated carbocycles. The second-order valence-electron chi connectivity index (χ2n) is 3.48. The van der Waals surface area contributed by atoms with Gasteiger partial charge in [0, 0.05) is 6.42 Å².